The smallest absolute Gasteiger partial charge is 0.227 e. The number of halogens is 1. The van der Waals surface area contributed by atoms with Crippen LogP contribution in [0.2, 0.25) is 0 Å². The Morgan fingerprint density at radius 2 is 1.42 bits per heavy atom. The lowest BCUT2D eigenvalue weighted by Crippen LogP contribution is -2.26. The molecule has 0 aliphatic rings. The normalized spacial score (nSPS) is 11.3. The van der Waals surface area contributed by atoms with Gasteiger partial charge in [0.15, 0.2) is 0 Å². The lowest BCUT2D eigenvalue weighted by molar-refractivity contribution is -0.118. The molecule has 2 nitrogen and oxygen atoms in total. The zero-order valence-electron chi connectivity index (χ0n) is 17.3. The van der Waals surface area contributed by atoms with Crippen molar-refractivity contribution < 1.29 is 4.79 Å². The van der Waals surface area contributed by atoms with Gasteiger partial charge < -0.3 is 4.90 Å². The van der Waals surface area contributed by atoms with Gasteiger partial charge in [-0.15, -0.1) is 0 Å². The Labute approximate surface area is 195 Å². The Morgan fingerprint density at radius 1 is 0.774 bits per heavy atom. The first-order valence-electron chi connectivity index (χ1n) is 10.5. The van der Waals surface area contributed by atoms with Gasteiger partial charge in [-0.2, -0.15) is 0 Å². The number of fused-ring (bicyclic) bond motifs is 4. The summed E-state index contributed by atoms with van der Waals surface area (Å²) < 4.78 is 1.16. The van der Waals surface area contributed by atoms with Crippen molar-refractivity contribution in [1.29, 1.82) is 0 Å². The number of benzene rings is 5. The molecule has 152 valence electrons. The summed E-state index contributed by atoms with van der Waals surface area (Å²) in [5, 5.41) is 7.26. The van der Waals surface area contributed by atoms with Crippen LogP contribution in [0.15, 0.2) is 91.0 Å². The Hall–Kier alpha value is -2.92. The van der Waals surface area contributed by atoms with E-state index in [9.17, 15) is 4.79 Å². The molecule has 0 aliphatic carbocycles. The highest BCUT2D eigenvalue weighted by Crippen LogP contribution is 2.32. The number of nitrogens with zero attached hydrogens (tertiary/aromatic N) is 1. The van der Waals surface area contributed by atoms with Crippen molar-refractivity contribution in [3.05, 3.63) is 100 Å². The molecule has 0 spiro atoms. The summed E-state index contributed by atoms with van der Waals surface area (Å²) in [6.07, 6.45) is 1.19. The molecular weight excluding hydrogens is 493 g/mol. The second kappa shape index (κ2) is 8.31. The Kier molecular flexibility index (Phi) is 5.36. The molecule has 0 atom stereocenters. The van der Waals surface area contributed by atoms with Crippen molar-refractivity contribution >= 4 is 66.5 Å². The number of carbonyl (C=O) groups is 1. The van der Waals surface area contributed by atoms with Crippen molar-refractivity contribution in [3.63, 3.8) is 0 Å². The van der Waals surface area contributed by atoms with E-state index in [0.29, 0.717) is 6.42 Å². The number of hydrogen-bond acceptors (Lipinski definition) is 1. The fraction of sp³-hybridized carbons (Fsp3) is 0.107. The van der Waals surface area contributed by atoms with Gasteiger partial charge in [-0.25, -0.2) is 0 Å². The Balaban J connectivity index is 1.47. The van der Waals surface area contributed by atoms with Gasteiger partial charge in [-0.1, -0.05) is 78.9 Å². The third-order valence-corrected chi connectivity index (χ3v) is 6.93. The summed E-state index contributed by atoms with van der Waals surface area (Å²) in [5.74, 6) is 0.129. The molecule has 5 aromatic carbocycles. The number of amides is 1. The molecule has 0 radical (unpaired) electrons. The second-order valence-electron chi connectivity index (χ2n) is 7.87. The lowest BCUT2D eigenvalue weighted by atomic mass is 9.95. The molecule has 0 heterocycles. The summed E-state index contributed by atoms with van der Waals surface area (Å²) in [6, 6.07) is 31.6. The number of carbonyl (C=O) groups excluding carboxylic acids is 1. The van der Waals surface area contributed by atoms with Crippen LogP contribution in [0.4, 0.5) is 5.69 Å². The van der Waals surface area contributed by atoms with Gasteiger partial charge >= 0.3 is 0 Å². The topological polar surface area (TPSA) is 20.3 Å². The highest BCUT2D eigenvalue weighted by molar-refractivity contribution is 14.1. The van der Waals surface area contributed by atoms with Crippen LogP contribution >= 0.6 is 22.6 Å². The van der Waals surface area contributed by atoms with E-state index in [0.717, 1.165) is 26.5 Å². The second-order valence-corrected chi connectivity index (χ2v) is 9.03. The average Bonchev–Trinajstić information content (AvgIpc) is 2.81. The van der Waals surface area contributed by atoms with Gasteiger partial charge in [-0.05, 0) is 73.6 Å². The van der Waals surface area contributed by atoms with E-state index in [-0.39, 0.29) is 5.91 Å². The van der Waals surface area contributed by atoms with Crippen LogP contribution in [0.25, 0.3) is 32.3 Å². The van der Waals surface area contributed by atoms with E-state index in [1.807, 2.05) is 24.1 Å². The van der Waals surface area contributed by atoms with Gasteiger partial charge in [0.2, 0.25) is 5.91 Å². The quantitative estimate of drug-likeness (QED) is 0.181. The monoisotopic (exact) mass is 515 g/mol. The molecular formula is C28H22INO. The molecule has 0 N–H and O–H groups in total. The summed E-state index contributed by atoms with van der Waals surface area (Å²) in [4.78, 5) is 15.0. The largest absolute Gasteiger partial charge is 0.315 e. The summed E-state index contributed by atoms with van der Waals surface area (Å²) in [5.41, 5.74) is 2.19. The minimum absolute atomic E-state index is 0.129. The SMILES string of the molecule is CN(C(=O)CCc1cc2ccccc2c2ccccc12)c1cccc2cccc(I)c12. The first-order chi connectivity index (χ1) is 15.1. The molecule has 1 amide bonds. The van der Waals surface area contributed by atoms with Gasteiger partial charge in [0.1, 0.15) is 0 Å². The van der Waals surface area contributed by atoms with E-state index < -0.39 is 0 Å². The van der Waals surface area contributed by atoms with Crippen molar-refractivity contribution in [3.8, 4) is 0 Å². The van der Waals surface area contributed by atoms with Crippen molar-refractivity contribution in [2.45, 2.75) is 12.8 Å². The highest BCUT2D eigenvalue weighted by Gasteiger charge is 2.16. The molecule has 5 rings (SSSR count). The van der Waals surface area contributed by atoms with Gasteiger partial charge in [0, 0.05) is 22.4 Å². The number of rotatable bonds is 4. The van der Waals surface area contributed by atoms with Gasteiger partial charge in [0.25, 0.3) is 0 Å². The molecule has 0 unspecified atom stereocenters. The van der Waals surface area contributed by atoms with Crippen LogP contribution in [0.1, 0.15) is 12.0 Å². The van der Waals surface area contributed by atoms with E-state index >= 15 is 0 Å². The van der Waals surface area contributed by atoms with E-state index in [1.165, 1.54) is 27.1 Å². The molecule has 3 heteroatoms. The summed E-state index contributed by atoms with van der Waals surface area (Å²) in [6.45, 7) is 0. The Morgan fingerprint density at radius 3 is 2.23 bits per heavy atom. The minimum Gasteiger partial charge on any atom is -0.315 e. The van der Waals surface area contributed by atoms with E-state index in [2.05, 4.69) is 101 Å². The maximum absolute atomic E-state index is 13.2. The third kappa shape index (κ3) is 3.68. The van der Waals surface area contributed by atoms with E-state index in [1.54, 1.807) is 0 Å². The fourth-order valence-electron chi connectivity index (χ4n) is 4.44. The maximum atomic E-state index is 13.2. The first-order valence-corrected chi connectivity index (χ1v) is 11.5. The van der Waals surface area contributed by atoms with Crippen LogP contribution in [-0.2, 0) is 11.2 Å². The fourth-order valence-corrected chi connectivity index (χ4v) is 5.23. The third-order valence-electron chi connectivity index (χ3n) is 6.03. The number of aryl methyl sites for hydroxylation is 1. The maximum Gasteiger partial charge on any atom is 0.227 e. The summed E-state index contributed by atoms with van der Waals surface area (Å²) in [7, 11) is 1.89. The van der Waals surface area contributed by atoms with Crippen molar-refractivity contribution in [2.75, 3.05) is 11.9 Å². The van der Waals surface area contributed by atoms with Crippen LogP contribution in [0.5, 0.6) is 0 Å². The van der Waals surface area contributed by atoms with Crippen LogP contribution in [-0.4, -0.2) is 13.0 Å². The highest BCUT2D eigenvalue weighted by atomic mass is 127. The molecule has 0 aliphatic heterocycles. The standard InChI is InChI=1S/C28H22INO/c1-30(26-15-7-10-19-9-6-14-25(29)28(19)26)27(31)17-16-21-18-20-8-2-3-11-22(20)24-13-5-4-12-23(21)24/h2-15,18H,16-17H2,1H3. The van der Waals surface area contributed by atoms with Crippen molar-refractivity contribution in [1.82, 2.24) is 0 Å². The average molecular weight is 515 g/mol. The molecule has 0 aromatic heterocycles. The predicted octanol–water partition coefficient (Wildman–Crippen LogP) is 7.35. The van der Waals surface area contributed by atoms with Crippen LogP contribution < -0.4 is 4.90 Å². The lowest BCUT2D eigenvalue weighted by Gasteiger charge is -2.20. The number of anilines is 1. The van der Waals surface area contributed by atoms with Gasteiger partial charge in [-0.3, -0.25) is 4.79 Å². The first kappa shape index (κ1) is 20.0. The van der Waals surface area contributed by atoms with Crippen molar-refractivity contribution in [2.24, 2.45) is 0 Å². The molecule has 5 aromatic rings. The Bertz CT molecular complexity index is 1430. The zero-order chi connectivity index (χ0) is 21.4. The molecule has 0 fully saturated rings. The van der Waals surface area contributed by atoms with E-state index in [4.69, 9.17) is 0 Å². The zero-order valence-corrected chi connectivity index (χ0v) is 19.5. The van der Waals surface area contributed by atoms with Crippen LogP contribution in [0, 0.1) is 3.57 Å². The number of hydrogen-bond donors (Lipinski definition) is 0. The molecule has 31 heavy (non-hydrogen) atoms. The van der Waals surface area contributed by atoms with Crippen LogP contribution in [0.3, 0.4) is 0 Å². The predicted molar refractivity (Wildman–Crippen MR) is 140 cm³/mol. The summed E-state index contributed by atoms with van der Waals surface area (Å²) >= 11 is 2.35. The molecule has 0 saturated carbocycles. The minimum atomic E-state index is 0.129. The molecule has 0 bridgehead atoms. The van der Waals surface area contributed by atoms with Gasteiger partial charge in [0.05, 0.1) is 5.69 Å². The molecule has 0 saturated heterocycles.